The average molecular weight is 782 g/mol. The van der Waals surface area contributed by atoms with Crippen molar-refractivity contribution in [3.63, 3.8) is 0 Å². The van der Waals surface area contributed by atoms with E-state index in [2.05, 4.69) is 91.2 Å². The molecule has 5 aromatic rings. The summed E-state index contributed by atoms with van der Waals surface area (Å²) >= 11 is 0. The lowest BCUT2D eigenvalue weighted by atomic mass is 9.93. The van der Waals surface area contributed by atoms with Gasteiger partial charge in [0.2, 0.25) is 0 Å². The van der Waals surface area contributed by atoms with Crippen LogP contribution in [0.25, 0.3) is 22.2 Å². The van der Waals surface area contributed by atoms with Crippen LogP contribution in [0.2, 0.25) is 0 Å². The fourth-order valence-electron chi connectivity index (χ4n) is 9.69. The number of likely N-dealkylation sites (tertiary alicyclic amines) is 2. The topological polar surface area (TPSA) is 128 Å². The molecule has 4 aliphatic heterocycles. The van der Waals surface area contributed by atoms with Crippen LogP contribution in [0.3, 0.4) is 0 Å². The number of piperidine rings is 2. The van der Waals surface area contributed by atoms with E-state index in [1.807, 2.05) is 35.2 Å². The van der Waals surface area contributed by atoms with Gasteiger partial charge < -0.3 is 39.7 Å². The number of nitrogen functional groups attached to an aromatic ring is 1. The molecule has 12 nitrogen and oxygen atoms in total. The van der Waals surface area contributed by atoms with Gasteiger partial charge in [-0.1, -0.05) is 30.3 Å². The molecule has 4 aliphatic rings. The van der Waals surface area contributed by atoms with Gasteiger partial charge in [-0.15, -0.1) is 10.2 Å². The molecule has 58 heavy (non-hydrogen) atoms. The Morgan fingerprint density at radius 3 is 2.52 bits per heavy atom. The first-order valence-electron chi connectivity index (χ1n) is 21.0. The Kier molecular flexibility index (Phi) is 10.8. The Bertz CT molecular complexity index is 2310. The van der Waals surface area contributed by atoms with Crippen molar-refractivity contribution in [3.8, 4) is 17.0 Å². The van der Waals surface area contributed by atoms with Crippen molar-refractivity contribution in [2.75, 3.05) is 81.2 Å². The number of morpholine rings is 1. The summed E-state index contributed by atoms with van der Waals surface area (Å²) in [6.07, 6.45) is 8.58. The molecule has 3 aromatic carbocycles. The van der Waals surface area contributed by atoms with E-state index < -0.39 is 0 Å². The Hall–Kier alpha value is -5.43. The Morgan fingerprint density at radius 1 is 0.914 bits per heavy atom. The summed E-state index contributed by atoms with van der Waals surface area (Å²) in [7, 11) is 0. The molecule has 0 bridgehead atoms. The summed E-state index contributed by atoms with van der Waals surface area (Å²) in [6, 6.07) is 24.6. The second kappa shape index (κ2) is 16.4. The third kappa shape index (κ3) is 7.64. The highest BCUT2D eigenvalue weighted by molar-refractivity contribution is 5.95. The van der Waals surface area contributed by atoms with Crippen LogP contribution < -0.4 is 20.9 Å². The lowest BCUT2D eigenvalue weighted by Gasteiger charge is -2.38. The zero-order valence-electron chi connectivity index (χ0n) is 33.7. The highest BCUT2D eigenvalue weighted by Crippen LogP contribution is 2.37. The number of nitrogens with one attached hydrogen (secondary N) is 1. The van der Waals surface area contributed by atoms with Gasteiger partial charge in [-0.05, 0) is 105 Å². The molecule has 0 aliphatic carbocycles. The number of nitrogens with two attached hydrogens (primary N) is 1. The first-order chi connectivity index (χ1) is 28.3. The van der Waals surface area contributed by atoms with Crippen molar-refractivity contribution in [1.29, 1.82) is 0 Å². The number of hydrogen-bond acceptors (Lipinski definition) is 10. The predicted octanol–water partition coefficient (Wildman–Crippen LogP) is 6.65. The van der Waals surface area contributed by atoms with Gasteiger partial charge in [-0.2, -0.15) is 0 Å². The third-order valence-electron chi connectivity index (χ3n) is 12.8. The molecule has 0 unspecified atom stereocenters. The summed E-state index contributed by atoms with van der Waals surface area (Å²) in [6.45, 7) is 12.8. The summed E-state index contributed by atoms with van der Waals surface area (Å²) < 4.78 is 8.86. The molecule has 0 spiro atoms. The van der Waals surface area contributed by atoms with Gasteiger partial charge in [0.05, 0.1) is 35.9 Å². The average Bonchev–Trinajstić information content (AvgIpc) is 3.60. The van der Waals surface area contributed by atoms with Gasteiger partial charge in [0.1, 0.15) is 11.9 Å². The van der Waals surface area contributed by atoms with Gasteiger partial charge in [0, 0.05) is 86.8 Å². The Balaban J connectivity index is 0.778. The van der Waals surface area contributed by atoms with Crippen molar-refractivity contribution < 1.29 is 14.6 Å². The standard InChI is InChI=1S/C46H55N9O3/c1-31-25-34(11-12-36(31)44-29-53(23-24-58-44)42-27-39(49-50-45(42)47)37-7-3-4-10-43(37)56)46(57)52-21-13-33(14-22-52)28-51-19-15-35(16-20-51)55-32(2)26-38-40(8-5-9-41(38)55)54-18-6-17-48-30-54/h3-12,18,25-27,33,35,44,48,56H,13-17,19-24,28-30H2,1-2H3,(H2,47,50)/t44-/m1/s1. The Morgan fingerprint density at radius 2 is 1.74 bits per heavy atom. The number of benzene rings is 3. The lowest BCUT2D eigenvalue weighted by molar-refractivity contribution is 0.0394. The fourth-order valence-corrected chi connectivity index (χ4v) is 9.69. The van der Waals surface area contributed by atoms with E-state index in [0.29, 0.717) is 48.7 Å². The molecule has 2 aromatic heterocycles. The van der Waals surface area contributed by atoms with Crippen molar-refractivity contribution >= 4 is 34.0 Å². The zero-order valence-corrected chi connectivity index (χ0v) is 33.7. The third-order valence-corrected chi connectivity index (χ3v) is 12.8. The molecule has 0 saturated carbocycles. The van der Waals surface area contributed by atoms with E-state index >= 15 is 0 Å². The number of aryl methyl sites for hydroxylation is 2. The van der Waals surface area contributed by atoms with Crippen LogP contribution in [0.5, 0.6) is 5.75 Å². The number of aromatic nitrogens is 3. The van der Waals surface area contributed by atoms with Crippen molar-refractivity contribution in [1.82, 2.24) is 29.9 Å². The Labute approximate surface area is 340 Å². The van der Waals surface area contributed by atoms with Crippen molar-refractivity contribution in [3.05, 3.63) is 107 Å². The van der Waals surface area contributed by atoms with Crippen LogP contribution in [-0.2, 0) is 4.74 Å². The minimum absolute atomic E-state index is 0.109. The number of fused-ring (bicyclic) bond motifs is 1. The van der Waals surface area contributed by atoms with Crippen molar-refractivity contribution in [2.24, 2.45) is 5.92 Å². The normalized spacial score (nSPS) is 20.0. The minimum Gasteiger partial charge on any atom is -0.507 e. The summed E-state index contributed by atoms with van der Waals surface area (Å²) in [5, 5.41) is 23.7. The smallest absolute Gasteiger partial charge is 0.253 e. The van der Waals surface area contributed by atoms with Gasteiger partial charge in [-0.3, -0.25) is 10.1 Å². The van der Waals surface area contributed by atoms with E-state index in [4.69, 9.17) is 10.5 Å². The maximum absolute atomic E-state index is 13.8. The molecule has 1 amide bonds. The number of phenolic OH excluding ortho intramolecular Hbond substituents is 1. The maximum Gasteiger partial charge on any atom is 0.253 e. The highest BCUT2D eigenvalue weighted by atomic mass is 16.5. The van der Waals surface area contributed by atoms with Crippen LogP contribution >= 0.6 is 0 Å². The SMILES string of the molecule is Cc1cc(C(=O)N2CCC(CN3CCC(n4c(C)cc5c(N6C=CCNC6)cccc54)CC3)CC2)ccc1[C@H]1CN(c2cc(-c3ccccc3O)nnc2N)CCO1. The highest BCUT2D eigenvalue weighted by Gasteiger charge is 2.30. The van der Waals surface area contributed by atoms with Crippen LogP contribution in [0, 0.1) is 19.8 Å². The molecule has 12 heteroatoms. The molecule has 1 atom stereocenters. The number of nitrogens with zero attached hydrogens (tertiary/aromatic N) is 7. The molecule has 4 N–H and O–H groups in total. The summed E-state index contributed by atoms with van der Waals surface area (Å²) in [5.74, 6) is 1.20. The minimum atomic E-state index is -0.195. The van der Waals surface area contributed by atoms with E-state index in [9.17, 15) is 9.90 Å². The van der Waals surface area contributed by atoms with Gasteiger partial charge >= 0.3 is 0 Å². The van der Waals surface area contributed by atoms with Gasteiger partial charge in [-0.25, -0.2) is 0 Å². The van der Waals surface area contributed by atoms with Crippen LogP contribution in [0.4, 0.5) is 17.2 Å². The monoisotopic (exact) mass is 781 g/mol. The second-order valence-corrected chi connectivity index (χ2v) is 16.5. The summed E-state index contributed by atoms with van der Waals surface area (Å²) in [4.78, 5) is 23.0. The number of phenols is 1. The van der Waals surface area contributed by atoms with Crippen LogP contribution in [-0.4, -0.2) is 101 Å². The lowest BCUT2D eigenvalue weighted by Crippen LogP contribution is -2.43. The number of aromatic hydroxyl groups is 1. The molecular formula is C46H55N9O3. The van der Waals surface area contributed by atoms with Crippen LogP contribution in [0.1, 0.15) is 65.0 Å². The number of amides is 1. The number of anilines is 3. The van der Waals surface area contributed by atoms with Crippen molar-refractivity contribution in [2.45, 2.75) is 51.7 Å². The molecule has 6 heterocycles. The predicted molar refractivity (Wildman–Crippen MR) is 230 cm³/mol. The van der Waals surface area contributed by atoms with E-state index in [1.54, 1.807) is 12.1 Å². The molecular weight excluding hydrogens is 727 g/mol. The zero-order chi connectivity index (χ0) is 39.8. The second-order valence-electron chi connectivity index (χ2n) is 16.5. The summed E-state index contributed by atoms with van der Waals surface area (Å²) in [5.41, 5.74) is 15.0. The maximum atomic E-state index is 13.8. The first-order valence-corrected chi connectivity index (χ1v) is 21.0. The number of carbonyl (C=O) groups is 1. The van der Waals surface area contributed by atoms with Gasteiger partial charge in [0.25, 0.3) is 5.91 Å². The largest absolute Gasteiger partial charge is 0.507 e. The molecule has 3 saturated heterocycles. The molecule has 9 rings (SSSR count). The number of rotatable bonds is 8. The number of hydrogen-bond donors (Lipinski definition) is 3. The van der Waals surface area contributed by atoms with E-state index in [0.717, 1.165) is 94.0 Å². The first kappa shape index (κ1) is 38.1. The molecule has 302 valence electrons. The molecule has 0 radical (unpaired) electrons. The van der Waals surface area contributed by atoms with E-state index in [1.165, 1.54) is 22.3 Å². The fraction of sp³-hybridized carbons (Fsp3) is 0.413. The number of para-hydroxylation sites is 1. The van der Waals surface area contributed by atoms with E-state index in [-0.39, 0.29) is 17.8 Å². The van der Waals surface area contributed by atoms with Crippen LogP contribution in [0.15, 0.2) is 85.1 Å². The molecule has 3 fully saturated rings. The number of ether oxygens (including phenoxy) is 1. The quantitative estimate of drug-likeness (QED) is 0.158. The van der Waals surface area contributed by atoms with Gasteiger partial charge in [0.15, 0.2) is 5.82 Å². The number of carbonyl (C=O) groups excluding carboxylic acids is 1.